The van der Waals surface area contributed by atoms with Crippen LogP contribution in [0.3, 0.4) is 0 Å². The Kier molecular flexibility index (Phi) is 8.54. The van der Waals surface area contributed by atoms with Crippen LogP contribution in [0.2, 0.25) is 0 Å². The zero-order chi connectivity index (χ0) is 29.2. The molecule has 1 aromatic carbocycles. The number of carbonyl (C=O) groups is 4. The molecular formula is C20H26N10O7S3. The lowest BCUT2D eigenvalue weighted by atomic mass is 9.89. The van der Waals surface area contributed by atoms with Crippen LogP contribution in [-0.2, 0) is 31.0 Å². The molecule has 216 valence electrons. The molecule has 0 saturated carbocycles. The Morgan fingerprint density at radius 2 is 1.98 bits per heavy atom. The average Bonchev–Trinajstić information content (AvgIpc) is 3.36. The van der Waals surface area contributed by atoms with Crippen LogP contribution in [0.5, 0.6) is 0 Å². The molecule has 4 rings (SSSR count). The molecule has 3 atom stereocenters. The number of β-lactam (4-membered cyclic amide) rings is 1. The standard InChI is InChI=1S/C20H26N10O7S3/c21-7-13(31)30(12-3-1-11(2-4-12)24-18(22)35)14-15(32)28-8-20(17(33)34,9-38-16(14)28)10-39-19-25-26-27-29(19)5-6-40(23,36)37/h1-4,14,16H,5-10,21H2,(H,33,34)(H3,22,24,35)(H2,23,36,37)/t14?,16-,20?/m1/s1. The number of urea groups is 1. The lowest BCUT2D eigenvalue weighted by molar-refractivity contribution is -0.156. The fourth-order valence-electron chi connectivity index (χ4n) is 4.25. The number of carbonyl (C=O) groups excluding carboxylic acids is 3. The van der Waals surface area contributed by atoms with Gasteiger partial charge in [0.15, 0.2) is 0 Å². The summed E-state index contributed by atoms with van der Waals surface area (Å²) in [4.78, 5) is 52.4. The first-order valence-corrected chi connectivity index (χ1v) is 15.3. The molecule has 4 amide bonds. The van der Waals surface area contributed by atoms with Gasteiger partial charge < -0.3 is 26.8 Å². The number of nitrogens with zero attached hydrogens (tertiary/aromatic N) is 6. The Morgan fingerprint density at radius 1 is 1.27 bits per heavy atom. The fraction of sp³-hybridized carbons (Fsp3) is 0.450. The number of primary amides is 1. The second-order valence-corrected chi connectivity index (χ2v) is 12.8. The third-order valence-electron chi connectivity index (χ3n) is 6.27. The molecule has 40 heavy (non-hydrogen) atoms. The number of benzene rings is 1. The minimum absolute atomic E-state index is 0.00792. The van der Waals surface area contributed by atoms with Crippen molar-refractivity contribution in [2.24, 2.45) is 22.0 Å². The number of fused-ring (bicyclic) bond motifs is 1. The van der Waals surface area contributed by atoms with Crippen molar-refractivity contribution >= 4 is 68.7 Å². The Labute approximate surface area is 236 Å². The summed E-state index contributed by atoms with van der Waals surface area (Å²) in [7, 11) is -3.76. The van der Waals surface area contributed by atoms with Gasteiger partial charge in [-0.1, -0.05) is 11.8 Å². The molecule has 2 saturated heterocycles. The molecule has 0 spiro atoms. The van der Waals surface area contributed by atoms with E-state index in [1.54, 1.807) is 12.1 Å². The number of anilines is 2. The molecule has 2 unspecified atom stereocenters. The second-order valence-electron chi connectivity index (χ2n) is 9.04. The summed E-state index contributed by atoms with van der Waals surface area (Å²) >= 11 is 2.25. The van der Waals surface area contributed by atoms with Gasteiger partial charge in [-0.3, -0.25) is 19.3 Å². The number of primary sulfonamides is 1. The van der Waals surface area contributed by atoms with E-state index in [9.17, 15) is 32.7 Å². The first-order chi connectivity index (χ1) is 18.8. The maximum absolute atomic E-state index is 13.3. The quantitative estimate of drug-likeness (QED) is 0.134. The lowest BCUT2D eigenvalue weighted by Gasteiger charge is -2.56. The van der Waals surface area contributed by atoms with E-state index in [-0.39, 0.29) is 36.3 Å². The van der Waals surface area contributed by atoms with Crippen molar-refractivity contribution in [1.29, 1.82) is 0 Å². The minimum Gasteiger partial charge on any atom is -0.481 e. The summed E-state index contributed by atoms with van der Waals surface area (Å²) in [6.07, 6.45) is 0. The molecule has 1 aromatic heterocycles. The van der Waals surface area contributed by atoms with Crippen LogP contribution in [0, 0.1) is 5.41 Å². The zero-order valence-corrected chi connectivity index (χ0v) is 23.2. The van der Waals surface area contributed by atoms with Gasteiger partial charge in [0, 0.05) is 29.4 Å². The van der Waals surface area contributed by atoms with Crippen molar-refractivity contribution in [3.05, 3.63) is 24.3 Å². The third-order valence-corrected chi connectivity index (χ3v) is 9.84. The zero-order valence-electron chi connectivity index (χ0n) is 20.7. The van der Waals surface area contributed by atoms with Crippen molar-refractivity contribution in [2.75, 3.05) is 40.6 Å². The number of aliphatic carboxylic acids is 1. The van der Waals surface area contributed by atoms with Gasteiger partial charge in [-0.25, -0.2) is 23.0 Å². The number of nitrogens with one attached hydrogen (secondary N) is 1. The van der Waals surface area contributed by atoms with E-state index in [2.05, 4.69) is 20.8 Å². The summed E-state index contributed by atoms with van der Waals surface area (Å²) in [5, 5.41) is 28.4. The fourth-order valence-corrected chi connectivity index (χ4v) is 7.49. The molecule has 20 heteroatoms. The van der Waals surface area contributed by atoms with Gasteiger partial charge >= 0.3 is 12.0 Å². The summed E-state index contributed by atoms with van der Waals surface area (Å²) in [5.74, 6) is -2.37. The highest BCUT2D eigenvalue weighted by Crippen LogP contribution is 2.46. The molecule has 8 N–H and O–H groups in total. The second kappa shape index (κ2) is 11.6. The van der Waals surface area contributed by atoms with Crippen molar-refractivity contribution in [1.82, 2.24) is 25.1 Å². The van der Waals surface area contributed by atoms with Crippen LogP contribution in [0.15, 0.2) is 29.4 Å². The smallest absolute Gasteiger partial charge is 0.316 e. The number of sulfonamides is 1. The van der Waals surface area contributed by atoms with E-state index in [0.717, 1.165) is 11.8 Å². The van der Waals surface area contributed by atoms with Gasteiger partial charge in [0.1, 0.15) is 16.8 Å². The highest BCUT2D eigenvalue weighted by atomic mass is 32.2. The lowest BCUT2D eigenvalue weighted by Crippen LogP contribution is -2.75. The van der Waals surface area contributed by atoms with Crippen molar-refractivity contribution in [2.45, 2.75) is 23.1 Å². The van der Waals surface area contributed by atoms with Crippen molar-refractivity contribution < 1.29 is 32.7 Å². The van der Waals surface area contributed by atoms with Gasteiger partial charge in [-0.15, -0.1) is 16.9 Å². The highest BCUT2D eigenvalue weighted by Gasteiger charge is 2.59. The highest BCUT2D eigenvalue weighted by molar-refractivity contribution is 8.00. The van der Waals surface area contributed by atoms with E-state index in [1.807, 2.05) is 0 Å². The van der Waals surface area contributed by atoms with Crippen LogP contribution >= 0.6 is 23.5 Å². The minimum atomic E-state index is -3.76. The number of amides is 4. The number of hydrogen-bond acceptors (Lipinski definition) is 12. The number of aromatic nitrogens is 4. The number of carboxylic acid groups (broad SMARTS) is 1. The van der Waals surface area contributed by atoms with Crippen molar-refractivity contribution in [3.63, 3.8) is 0 Å². The molecule has 0 aliphatic carbocycles. The van der Waals surface area contributed by atoms with Crippen LogP contribution in [0.25, 0.3) is 0 Å². The normalized spacial score (nSPS) is 22.2. The van der Waals surface area contributed by atoms with Gasteiger partial charge in [0.25, 0.3) is 0 Å². The Hall–Kier alpha value is -3.46. The van der Waals surface area contributed by atoms with E-state index < -0.39 is 56.4 Å². The first kappa shape index (κ1) is 29.5. The number of hydrogen-bond donors (Lipinski definition) is 5. The molecule has 2 aromatic rings. The molecule has 3 heterocycles. The Balaban J connectivity index is 1.49. The van der Waals surface area contributed by atoms with Gasteiger partial charge in [0.2, 0.25) is 27.0 Å². The van der Waals surface area contributed by atoms with Gasteiger partial charge in [0.05, 0.1) is 18.8 Å². The molecule has 0 bridgehead atoms. The van der Waals surface area contributed by atoms with E-state index in [4.69, 9.17) is 16.6 Å². The SMILES string of the molecule is NCC(=O)N(c1ccc(NC(N)=O)cc1)C1C(=O)N2CC(CSc3nnnn3CCS(N)(=O)=O)(C(=O)O)CS[C@H]12. The maximum atomic E-state index is 13.3. The van der Waals surface area contributed by atoms with Gasteiger partial charge in [-0.05, 0) is 34.7 Å². The van der Waals surface area contributed by atoms with E-state index in [0.29, 0.717) is 11.4 Å². The molecule has 0 radical (unpaired) electrons. The molecular weight excluding hydrogens is 588 g/mol. The number of thioether (sulfide) groups is 2. The number of rotatable bonds is 11. The predicted molar refractivity (Wildman–Crippen MR) is 145 cm³/mol. The number of carboxylic acids is 1. The molecule has 2 aliphatic heterocycles. The van der Waals surface area contributed by atoms with Crippen LogP contribution in [-0.4, -0.2) is 104 Å². The summed E-state index contributed by atoms with van der Waals surface area (Å²) < 4.78 is 23.8. The number of tetrazole rings is 1. The maximum Gasteiger partial charge on any atom is 0.316 e. The average molecular weight is 615 g/mol. The molecule has 2 fully saturated rings. The van der Waals surface area contributed by atoms with Crippen LogP contribution in [0.1, 0.15) is 0 Å². The Morgan fingerprint density at radius 3 is 2.58 bits per heavy atom. The van der Waals surface area contributed by atoms with E-state index >= 15 is 0 Å². The van der Waals surface area contributed by atoms with Crippen molar-refractivity contribution in [3.8, 4) is 0 Å². The molecule has 17 nitrogen and oxygen atoms in total. The monoisotopic (exact) mass is 614 g/mol. The summed E-state index contributed by atoms with van der Waals surface area (Å²) in [6.45, 7) is -0.590. The number of aryl methyl sites for hydroxylation is 1. The summed E-state index contributed by atoms with van der Waals surface area (Å²) in [6, 6.07) is 4.47. The van der Waals surface area contributed by atoms with E-state index in [1.165, 1.54) is 38.4 Å². The third kappa shape index (κ3) is 6.14. The largest absolute Gasteiger partial charge is 0.481 e. The first-order valence-electron chi connectivity index (χ1n) is 11.6. The topological polar surface area (TPSA) is 263 Å². The summed E-state index contributed by atoms with van der Waals surface area (Å²) in [5.41, 5.74) is 10.2. The van der Waals surface area contributed by atoms with Gasteiger partial charge in [-0.2, -0.15) is 0 Å². The van der Waals surface area contributed by atoms with Crippen LogP contribution in [0.4, 0.5) is 16.2 Å². The van der Waals surface area contributed by atoms with Crippen LogP contribution < -0.4 is 26.8 Å². The number of nitrogens with two attached hydrogens (primary N) is 3. The Bertz CT molecular complexity index is 1420. The molecule has 2 aliphatic rings. The predicted octanol–water partition coefficient (Wildman–Crippen LogP) is -2.11.